The molecule has 2 N–H and O–H groups in total. The van der Waals surface area contributed by atoms with E-state index in [1.807, 2.05) is 12.4 Å². The van der Waals surface area contributed by atoms with Crippen molar-refractivity contribution in [3.63, 3.8) is 0 Å². The molecule has 0 amide bonds. The molecule has 2 aliphatic rings. The number of hydrogen-bond acceptors (Lipinski definition) is 4. The smallest absolute Gasteiger partial charge is 0.0931 e. The highest BCUT2D eigenvalue weighted by Gasteiger charge is 2.15. The van der Waals surface area contributed by atoms with Crippen LogP contribution in [0.4, 0.5) is 0 Å². The molecule has 0 fully saturated rings. The van der Waals surface area contributed by atoms with E-state index >= 15 is 0 Å². The molecule has 1 unspecified atom stereocenters. The van der Waals surface area contributed by atoms with E-state index in [1.54, 1.807) is 11.3 Å². The molecule has 2 atom stereocenters. The van der Waals surface area contributed by atoms with Gasteiger partial charge >= 0.3 is 0 Å². The van der Waals surface area contributed by atoms with Crippen molar-refractivity contribution in [3.8, 4) is 0 Å². The highest BCUT2D eigenvalue weighted by Crippen LogP contribution is 2.28. The van der Waals surface area contributed by atoms with E-state index in [0.29, 0.717) is 11.8 Å². The van der Waals surface area contributed by atoms with E-state index in [-0.39, 0.29) is 0 Å². The number of aromatic nitrogens is 1. The first-order valence-corrected chi connectivity index (χ1v) is 8.39. The molecule has 3 nitrogen and oxygen atoms in total. The first kappa shape index (κ1) is 14.3. The zero-order valence-electron chi connectivity index (χ0n) is 12.3. The molecule has 1 aromatic heterocycles. The minimum atomic E-state index is 0.353. The first-order chi connectivity index (χ1) is 10.2. The maximum Gasteiger partial charge on any atom is 0.0931 e. The Morgan fingerprint density at radius 1 is 1.33 bits per heavy atom. The lowest BCUT2D eigenvalue weighted by atomic mass is 9.89. The van der Waals surface area contributed by atoms with Crippen molar-refractivity contribution in [3.05, 3.63) is 51.8 Å². The van der Waals surface area contributed by atoms with Crippen LogP contribution in [0.15, 0.2) is 46.1 Å². The number of thiazole rings is 1. The highest BCUT2D eigenvalue weighted by molar-refractivity contribution is 7.09. The highest BCUT2D eigenvalue weighted by atomic mass is 32.1. The number of nitrogens with two attached hydrogens (primary N) is 1. The molecule has 0 bridgehead atoms. The quantitative estimate of drug-likeness (QED) is 0.915. The largest absolute Gasteiger partial charge is 0.399 e. The van der Waals surface area contributed by atoms with Gasteiger partial charge in [0.05, 0.1) is 10.7 Å². The molecule has 1 aliphatic heterocycles. The minimum Gasteiger partial charge on any atom is -0.399 e. The van der Waals surface area contributed by atoms with Gasteiger partial charge in [-0.05, 0) is 31.3 Å². The van der Waals surface area contributed by atoms with Crippen molar-refractivity contribution in [2.24, 2.45) is 16.6 Å². The van der Waals surface area contributed by atoms with Crippen LogP contribution in [0.25, 0.3) is 0 Å². The van der Waals surface area contributed by atoms with Gasteiger partial charge in [-0.2, -0.15) is 0 Å². The van der Waals surface area contributed by atoms with Crippen molar-refractivity contribution in [1.82, 2.24) is 4.98 Å². The monoisotopic (exact) mass is 299 g/mol. The SMILES string of the molecule is C[C@H]1CC=C(N)C=C1CCc1nc(C2C=NC=CC2)cs1. The molecule has 0 saturated carbocycles. The standard InChI is InChI=1S/C17H21N3S/c1-12-4-6-15(18)9-13(12)5-7-17-20-16(11-21-17)14-3-2-8-19-10-14/h2,6,8-12,14H,3-5,7,18H2,1H3/t12-,14?/m0/s1. The van der Waals surface area contributed by atoms with E-state index in [0.717, 1.165) is 37.1 Å². The number of aliphatic imine (C=N–C) groups is 1. The van der Waals surface area contributed by atoms with Gasteiger partial charge in [0.25, 0.3) is 0 Å². The van der Waals surface area contributed by atoms with E-state index < -0.39 is 0 Å². The van der Waals surface area contributed by atoms with Gasteiger partial charge in [0.2, 0.25) is 0 Å². The predicted molar refractivity (Wildman–Crippen MR) is 89.6 cm³/mol. The maximum absolute atomic E-state index is 5.91. The predicted octanol–water partition coefficient (Wildman–Crippen LogP) is 3.96. The third-order valence-corrected chi connectivity index (χ3v) is 5.04. The van der Waals surface area contributed by atoms with Crippen LogP contribution in [0.2, 0.25) is 0 Å². The summed E-state index contributed by atoms with van der Waals surface area (Å²) in [5.41, 5.74) is 9.43. The summed E-state index contributed by atoms with van der Waals surface area (Å²) >= 11 is 1.76. The molecule has 1 aromatic rings. The second-order valence-corrected chi connectivity index (χ2v) is 6.69. The van der Waals surface area contributed by atoms with Crippen LogP contribution in [0.5, 0.6) is 0 Å². The van der Waals surface area contributed by atoms with E-state index in [9.17, 15) is 0 Å². The number of hydrogen-bond donors (Lipinski definition) is 1. The third-order valence-electron chi connectivity index (χ3n) is 4.12. The lowest BCUT2D eigenvalue weighted by molar-refractivity contribution is 0.639. The van der Waals surface area contributed by atoms with Crippen LogP contribution in [0.1, 0.15) is 42.8 Å². The second-order valence-electron chi connectivity index (χ2n) is 5.75. The van der Waals surface area contributed by atoms with Crippen molar-refractivity contribution in [2.75, 3.05) is 0 Å². The Bertz CT molecular complexity index is 622. The lowest BCUT2D eigenvalue weighted by Gasteiger charge is -2.18. The fraction of sp³-hybridized carbons (Fsp3) is 0.412. The summed E-state index contributed by atoms with van der Waals surface area (Å²) in [6.45, 7) is 2.27. The van der Waals surface area contributed by atoms with Gasteiger partial charge in [0.15, 0.2) is 0 Å². The van der Waals surface area contributed by atoms with Crippen molar-refractivity contribution >= 4 is 17.6 Å². The molecule has 110 valence electrons. The van der Waals surface area contributed by atoms with Gasteiger partial charge in [0.1, 0.15) is 0 Å². The average molecular weight is 299 g/mol. The summed E-state index contributed by atoms with van der Waals surface area (Å²) in [4.78, 5) is 8.99. The van der Waals surface area contributed by atoms with Gasteiger partial charge in [-0.1, -0.05) is 24.6 Å². The average Bonchev–Trinajstić information content (AvgIpc) is 2.98. The Kier molecular flexibility index (Phi) is 4.34. The van der Waals surface area contributed by atoms with Crippen LogP contribution in [0, 0.1) is 5.92 Å². The maximum atomic E-state index is 5.91. The van der Waals surface area contributed by atoms with Crippen molar-refractivity contribution < 1.29 is 0 Å². The molecule has 1 aliphatic carbocycles. The molecular weight excluding hydrogens is 278 g/mol. The Morgan fingerprint density at radius 2 is 2.24 bits per heavy atom. The summed E-state index contributed by atoms with van der Waals surface area (Å²) in [5.74, 6) is 0.957. The number of aryl methyl sites for hydroxylation is 1. The second kappa shape index (κ2) is 6.39. The van der Waals surface area contributed by atoms with Crippen LogP contribution in [-0.4, -0.2) is 11.2 Å². The van der Waals surface area contributed by atoms with Gasteiger partial charge in [-0.25, -0.2) is 4.98 Å². The molecule has 0 radical (unpaired) electrons. The molecule has 4 heteroatoms. The van der Waals surface area contributed by atoms with Gasteiger partial charge < -0.3 is 5.73 Å². The molecule has 3 rings (SSSR count). The zero-order valence-corrected chi connectivity index (χ0v) is 13.1. The topological polar surface area (TPSA) is 51.3 Å². The number of nitrogens with zero attached hydrogens (tertiary/aromatic N) is 2. The summed E-state index contributed by atoms with van der Waals surface area (Å²) < 4.78 is 0. The van der Waals surface area contributed by atoms with Crippen LogP contribution in [-0.2, 0) is 6.42 Å². The number of rotatable bonds is 4. The summed E-state index contributed by atoms with van der Waals surface area (Å²) in [6.07, 6.45) is 14.4. The molecule has 21 heavy (non-hydrogen) atoms. The van der Waals surface area contributed by atoms with E-state index in [1.165, 1.54) is 10.6 Å². The summed E-state index contributed by atoms with van der Waals surface area (Å²) in [6, 6.07) is 0. The van der Waals surface area contributed by atoms with E-state index in [2.05, 4.69) is 35.5 Å². The molecule has 0 spiro atoms. The summed E-state index contributed by atoms with van der Waals surface area (Å²) in [5, 5.41) is 3.40. The Morgan fingerprint density at radius 3 is 3.05 bits per heavy atom. The van der Waals surface area contributed by atoms with Crippen molar-refractivity contribution in [2.45, 2.75) is 38.5 Å². The Balaban J connectivity index is 1.61. The third kappa shape index (κ3) is 3.50. The van der Waals surface area contributed by atoms with Gasteiger partial charge in [-0.15, -0.1) is 11.3 Å². The Labute approximate surface area is 130 Å². The Hall–Kier alpha value is -1.68. The minimum absolute atomic E-state index is 0.353. The summed E-state index contributed by atoms with van der Waals surface area (Å²) in [7, 11) is 0. The zero-order chi connectivity index (χ0) is 14.7. The van der Waals surface area contributed by atoms with Gasteiger partial charge in [-0.3, -0.25) is 4.99 Å². The van der Waals surface area contributed by atoms with Crippen LogP contribution in [0.3, 0.4) is 0 Å². The first-order valence-electron chi connectivity index (χ1n) is 7.51. The lowest BCUT2D eigenvalue weighted by Crippen LogP contribution is -2.09. The molecule has 0 aromatic carbocycles. The fourth-order valence-electron chi connectivity index (χ4n) is 2.74. The fourth-order valence-corrected chi connectivity index (χ4v) is 3.60. The molecular formula is C17H21N3S. The molecule has 2 heterocycles. The van der Waals surface area contributed by atoms with Crippen LogP contribution >= 0.6 is 11.3 Å². The van der Waals surface area contributed by atoms with Crippen molar-refractivity contribution in [1.29, 1.82) is 0 Å². The molecule has 0 saturated heterocycles. The normalized spacial score (nSPS) is 24.8. The van der Waals surface area contributed by atoms with Crippen LogP contribution < -0.4 is 5.73 Å². The number of allylic oxidation sites excluding steroid dienone is 4. The van der Waals surface area contributed by atoms with E-state index in [4.69, 9.17) is 10.7 Å². The van der Waals surface area contributed by atoms with Gasteiger partial charge in [0, 0.05) is 35.8 Å².